The Hall–Kier alpha value is -2.77. The molecule has 1 aliphatic carbocycles. The SMILES string of the molecule is CC(C)n1cnnc1-c1cccc(N2CCN(C3CC(=O)C3)C2=O)n1. The van der Waals surface area contributed by atoms with E-state index in [1.807, 2.05) is 22.8 Å². The summed E-state index contributed by atoms with van der Waals surface area (Å²) >= 11 is 0. The van der Waals surface area contributed by atoms with Gasteiger partial charge in [-0.2, -0.15) is 0 Å². The Morgan fingerprint density at radius 2 is 1.96 bits per heavy atom. The first kappa shape index (κ1) is 15.7. The standard InChI is InChI=1S/C17H20N6O2/c1-11(2)23-10-18-20-16(23)14-4-3-5-15(19-14)22-7-6-21(17(22)25)12-8-13(24)9-12/h3-5,10-12H,6-9H2,1-2H3. The number of carbonyl (C=O) groups excluding carboxylic acids is 2. The Labute approximate surface area is 145 Å². The molecule has 8 heteroatoms. The van der Waals surface area contributed by atoms with E-state index in [0.29, 0.717) is 43.3 Å². The van der Waals surface area contributed by atoms with Crippen LogP contribution < -0.4 is 4.90 Å². The van der Waals surface area contributed by atoms with E-state index in [1.54, 1.807) is 16.1 Å². The summed E-state index contributed by atoms with van der Waals surface area (Å²) in [5.74, 6) is 1.52. The number of aromatic nitrogens is 4. The minimum Gasteiger partial charge on any atom is -0.319 e. The number of amides is 2. The van der Waals surface area contributed by atoms with Crippen LogP contribution in [-0.4, -0.2) is 55.6 Å². The van der Waals surface area contributed by atoms with Gasteiger partial charge in [0.1, 0.15) is 23.6 Å². The van der Waals surface area contributed by atoms with Gasteiger partial charge in [0, 0.05) is 38.0 Å². The third kappa shape index (κ3) is 2.67. The van der Waals surface area contributed by atoms with Gasteiger partial charge in [-0.3, -0.25) is 9.69 Å². The number of carbonyl (C=O) groups is 2. The van der Waals surface area contributed by atoms with Crippen LogP contribution >= 0.6 is 0 Å². The fourth-order valence-electron chi connectivity index (χ4n) is 3.29. The average molecular weight is 340 g/mol. The molecule has 4 rings (SSSR count). The minimum absolute atomic E-state index is 0.0530. The molecule has 0 bridgehead atoms. The number of anilines is 1. The number of nitrogens with zero attached hydrogens (tertiary/aromatic N) is 6. The molecule has 2 amide bonds. The lowest BCUT2D eigenvalue weighted by molar-refractivity contribution is -0.126. The smallest absolute Gasteiger partial charge is 0.319 e. The second-order valence-corrected chi connectivity index (χ2v) is 6.76. The normalized spacial score (nSPS) is 18.4. The van der Waals surface area contributed by atoms with E-state index in [1.165, 1.54) is 0 Å². The Morgan fingerprint density at radius 1 is 1.16 bits per heavy atom. The monoisotopic (exact) mass is 340 g/mol. The molecule has 0 N–H and O–H groups in total. The summed E-state index contributed by atoms with van der Waals surface area (Å²) < 4.78 is 1.95. The van der Waals surface area contributed by atoms with Crippen molar-refractivity contribution in [2.45, 2.75) is 38.8 Å². The van der Waals surface area contributed by atoms with Gasteiger partial charge in [-0.25, -0.2) is 9.78 Å². The molecule has 130 valence electrons. The van der Waals surface area contributed by atoms with Crippen molar-refractivity contribution in [3.63, 3.8) is 0 Å². The van der Waals surface area contributed by atoms with E-state index >= 15 is 0 Å². The van der Waals surface area contributed by atoms with Gasteiger partial charge in [0.15, 0.2) is 5.82 Å². The van der Waals surface area contributed by atoms with Crippen molar-refractivity contribution in [2.75, 3.05) is 18.0 Å². The Morgan fingerprint density at radius 3 is 2.68 bits per heavy atom. The van der Waals surface area contributed by atoms with Gasteiger partial charge < -0.3 is 9.47 Å². The first-order valence-corrected chi connectivity index (χ1v) is 8.51. The van der Waals surface area contributed by atoms with E-state index in [4.69, 9.17) is 0 Å². The number of pyridine rings is 1. The molecule has 1 aliphatic heterocycles. The van der Waals surface area contributed by atoms with Gasteiger partial charge in [0.05, 0.1) is 0 Å². The fraction of sp³-hybridized carbons (Fsp3) is 0.471. The molecule has 1 saturated carbocycles. The van der Waals surface area contributed by atoms with Crippen LogP contribution in [-0.2, 0) is 4.79 Å². The van der Waals surface area contributed by atoms with Crippen molar-refractivity contribution in [1.29, 1.82) is 0 Å². The highest BCUT2D eigenvalue weighted by atomic mass is 16.2. The molecular formula is C17H20N6O2. The predicted octanol–water partition coefficient (Wildman–Crippen LogP) is 1.89. The molecular weight excluding hydrogens is 320 g/mol. The summed E-state index contributed by atoms with van der Waals surface area (Å²) in [7, 11) is 0. The van der Waals surface area contributed by atoms with Crippen molar-refractivity contribution in [3.05, 3.63) is 24.5 Å². The van der Waals surface area contributed by atoms with Crippen LogP contribution in [0.2, 0.25) is 0 Å². The maximum atomic E-state index is 12.7. The lowest BCUT2D eigenvalue weighted by Crippen LogP contribution is -2.47. The highest BCUT2D eigenvalue weighted by Gasteiger charge is 2.40. The quantitative estimate of drug-likeness (QED) is 0.849. The van der Waals surface area contributed by atoms with Crippen molar-refractivity contribution < 1.29 is 9.59 Å². The van der Waals surface area contributed by atoms with Crippen molar-refractivity contribution in [3.8, 4) is 11.5 Å². The van der Waals surface area contributed by atoms with Crippen molar-refractivity contribution in [2.24, 2.45) is 0 Å². The molecule has 2 aromatic rings. The maximum absolute atomic E-state index is 12.7. The molecule has 0 radical (unpaired) electrons. The number of hydrogen-bond acceptors (Lipinski definition) is 5. The summed E-state index contributed by atoms with van der Waals surface area (Å²) in [5.41, 5.74) is 0.689. The number of ketones is 1. The largest absolute Gasteiger partial charge is 0.326 e. The van der Waals surface area contributed by atoms with E-state index in [0.717, 1.165) is 0 Å². The number of rotatable bonds is 4. The molecule has 3 heterocycles. The highest BCUT2D eigenvalue weighted by Crippen LogP contribution is 2.28. The zero-order valence-electron chi connectivity index (χ0n) is 14.3. The lowest BCUT2D eigenvalue weighted by Gasteiger charge is -2.32. The molecule has 2 aliphatic rings. The third-order valence-corrected chi connectivity index (χ3v) is 4.78. The van der Waals surface area contributed by atoms with Crippen LogP contribution in [0.1, 0.15) is 32.7 Å². The molecule has 25 heavy (non-hydrogen) atoms. The second kappa shape index (κ2) is 5.94. The van der Waals surface area contributed by atoms with Crippen LogP contribution in [0.4, 0.5) is 10.6 Å². The average Bonchev–Trinajstić information content (AvgIpc) is 3.19. The van der Waals surface area contributed by atoms with Crippen molar-refractivity contribution in [1.82, 2.24) is 24.6 Å². The molecule has 0 spiro atoms. The molecule has 0 unspecified atom stereocenters. The lowest BCUT2D eigenvalue weighted by atomic mass is 9.90. The van der Waals surface area contributed by atoms with Crippen LogP contribution in [0.5, 0.6) is 0 Å². The van der Waals surface area contributed by atoms with Gasteiger partial charge in [-0.1, -0.05) is 6.07 Å². The number of urea groups is 1. The van der Waals surface area contributed by atoms with Crippen LogP contribution in [0, 0.1) is 0 Å². The zero-order chi connectivity index (χ0) is 17.6. The Bertz CT molecular complexity index is 822. The van der Waals surface area contributed by atoms with E-state index in [2.05, 4.69) is 29.0 Å². The van der Waals surface area contributed by atoms with Gasteiger partial charge in [-0.05, 0) is 26.0 Å². The number of hydrogen-bond donors (Lipinski definition) is 0. The number of Topliss-reactive ketones (excluding diaryl/α,β-unsaturated/α-hetero) is 1. The van der Waals surface area contributed by atoms with Crippen LogP contribution in [0.25, 0.3) is 11.5 Å². The fourth-order valence-corrected chi connectivity index (χ4v) is 3.29. The molecule has 2 aromatic heterocycles. The van der Waals surface area contributed by atoms with Gasteiger partial charge in [-0.15, -0.1) is 10.2 Å². The Kier molecular flexibility index (Phi) is 3.74. The van der Waals surface area contributed by atoms with E-state index in [-0.39, 0.29) is 23.9 Å². The van der Waals surface area contributed by atoms with E-state index < -0.39 is 0 Å². The summed E-state index contributed by atoms with van der Waals surface area (Å²) in [6, 6.07) is 5.77. The maximum Gasteiger partial charge on any atom is 0.326 e. The summed E-state index contributed by atoms with van der Waals surface area (Å²) in [5, 5.41) is 8.14. The molecule has 0 aromatic carbocycles. The summed E-state index contributed by atoms with van der Waals surface area (Å²) in [6.07, 6.45) is 2.64. The minimum atomic E-state index is -0.0764. The predicted molar refractivity (Wildman–Crippen MR) is 91.1 cm³/mol. The van der Waals surface area contributed by atoms with Gasteiger partial charge in [0.2, 0.25) is 0 Å². The van der Waals surface area contributed by atoms with Gasteiger partial charge >= 0.3 is 6.03 Å². The topological polar surface area (TPSA) is 84.2 Å². The Balaban J connectivity index is 1.59. The second-order valence-electron chi connectivity index (χ2n) is 6.76. The molecule has 2 fully saturated rings. The van der Waals surface area contributed by atoms with Crippen LogP contribution in [0.15, 0.2) is 24.5 Å². The zero-order valence-corrected chi connectivity index (χ0v) is 14.3. The first-order chi connectivity index (χ1) is 12.0. The highest BCUT2D eigenvalue weighted by molar-refractivity contribution is 5.95. The molecule has 8 nitrogen and oxygen atoms in total. The summed E-state index contributed by atoms with van der Waals surface area (Å²) in [6.45, 7) is 5.32. The third-order valence-electron chi connectivity index (χ3n) is 4.78. The molecule has 1 saturated heterocycles. The van der Waals surface area contributed by atoms with Gasteiger partial charge in [0.25, 0.3) is 0 Å². The molecule has 0 atom stereocenters. The van der Waals surface area contributed by atoms with Crippen LogP contribution in [0.3, 0.4) is 0 Å². The van der Waals surface area contributed by atoms with E-state index in [9.17, 15) is 9.59 Å². The summed E-state index contributed by atoms with van der Waals surface area (Å²) in [4.78, 5) is 32.0. The van der Waals surface area contributed by atoms with Crippen molar-refractivity contribution >= 4 is 17.6 Å². The first-order valence-electron chi connectivity index (χ1n) is 8.51.